The van der Waals surface area contributed by atoms with E-state index in [0.29, 0.717) is 0 Å². The Morgan fingerprint density at radius 1 is 0.684 bits per heavy atom. The second kappa shape index (κ2) is 5.16. The van der Waals surface area contributed by atoms with Gasteiger partial charge in [-0.2, -0.15) is 0 Å². The van der Waals surface area contributed by atoms with E-state index < -0.39 is 0 Å². The lowest BCUT2D eigenvalue weighted by Crippen LogP contribution is -1.96. The van der Waals surface area contributed by atoms with E-state index in [1.165, 1.54) is 22.3 Å². The van der Waals surface area contributed by atoms with Crippen molar-refractivity contribution in [3.8, 4) is 0 Å². The Labute approximate surface area is 113 Å². The summed E-state index contributed by atoms with van der Waals surface area (Å²) < 4.78 is 0. The number of hydrogen-bond donors (Lipinski definition) is 0. The third kappa shape index (κ3) is 2.70. The lowest BCUT2D eigenvalue weighted by molar-refractivity contribution is -0.300. The van der Waals surface area contributed by atoms with Crippen molar-refractivity contribution in [3.63, 3.8) is 0 Å². The molecule has 2 atom stereocenters. The van der Waals surface area contributed by atoms with Gasteiger partial charge in [-0.25, -0.2) is 9.78 Å². The van der Waals surface area contributed by atoms with Gasteiger partial charge < -0.3 is 0 Å². The molecule has 0 aromatic heterocycles. The molecule has 19 heavy (non-hydrogen) atoms. The van der Waals surface area contributed by atoms with Gasteiger partial charge in [0.05, 0.1) is 0 Å². The lowest BCUT2D eigenvalue weighted by Gasteiger charge is -2.07. The highest BCUT2D eigenvalue weighted by atomic mass is 17.2. The molecule has 1 saturated heterocycles. The second-order valence-electron chi connectivity index (χ2n) is 5.23. The molecule has 1 heterocycles. The number of benzene rings is 2. The normalized spacial score (nSPS) is 22.6. The number of hydrogen-bond acceptors (Lipinski definition) is 2. The fraction of sp³-hybridized carbons (Fsp3) is 0.294. The number of rotatable bonds is 2. The van der Waals surface area contributed by atoms with Crippen molar-refractivity contribution in [2.24, 2.45) is 0 Å². The summed E-state index contributed by atoms with van der Waals surface area (Å²) in [7, 11) is 0. The fourth-order valence-corrected chi connectivity index (χ4v) is 2.35. The summed E-state index contributed by atoms with van der Waals surface area (Å²) in [6.07, 6.45) is 0.936. The summed E-state index contributed by atoms with van der Waals surface area (Å²) in [5, 5.41) is 0. The maximum atomic E-state index is 5.48. The Hall–Kier alpha value is -1.64. The van der Waals surface area contributed by atoms with Crippen LogP contribution in [0.2, 0.25) is 0 Å². The Morgan fingerprint density at radius 3 is 1.42 bits per heavy atom. The van der Waals surface area contributed by atoms with Gasteiger partial charge in [0.2, 0.25) is 0 Å². The van der Waals surface area contributed by atoms with Crippen LogP contribution in [0.15, 0.2) is 48.5 Å². The molecule has 1 aliphatic heterocycles. The van der Waals surface area contributed by atoms with Gasteiger partial charge in [-0.1, -0.05) is 59.7 Å². The minimum absolute atomic E-state index is 0.0342. The maximum Gasteiger partial charge on any atom is 0.121 e. The van der Waals surface area contributed by atoms with Crippen LogP contribution in [0.4, 0.5) is 0 Å². The summed E-state index contributed by atoms with van der Waals surface area (Å²) in [5.74, 6) is 0. The molecule has 98 valence electrons. The van der Waals surface area contributed by atoms with Crippen molar-refractivity contribution >= 4 is 0 Å². The lowest BCUT2D eigenvalue weighted by atomic mass is 9.98. The van der Waals surface area contributed by atoms with Gasteiger partial charge in [-0.3, -0.25) is 0 Å². The van der Waals surface area contributed by atoms with E-state index in [1.54, 1.807) is 0 Å². The van der Waals surface area contributed by atoms with Crippen LogP contribution in [0.25, 0.3) is 0 Å². The average molecular weight is 254 g/mol. The van der Waals surface area contributed by atoms with Crippen LogP contribution in [-0.2, 0) is 9.78 Å². The molecule has 3 rings (SSSR count). The summed E-state index contributed by atoms with van der Waals surface area (Å²) >= 11 is 0. The SMILES string of the molecule is Cc1ccc(C2CC(c3ccc(C)cc3)OO2)cc1. The highest BCUT2D eigenvalue weighted by molar-refractivity contribution is 5.26. The zero-order chi connectivity index (χ0) is 13.2. The van der Waals surface area contributed by atoms with Gasteiger partial charge in [-0.05, 0) is 25.0 Å². The standard InChI is InChI=1S/C17H18O2/c1-12-3-7-14(8-4-12)16-11-17(19-18-16)15-9-5-13(2)6-10-15/h3-10,16-17H,11H2,1-2H3. The number of aryl methyl sites for hydroxylation is 2. The van der Waals surface area contributed by atoms with E-state index >= 15 is 0 Å². The summed E-state index contributed by atoms with van der Waals surface area (Å²) in [6.45, 7) is 4.18. The Balaban J connectivity index is 1.73. The molecule has 2 aromatic rings. The first-order chi connectivity index (χ1) is 9.22. The van der Waals surface area contributed by atoms with Gasteiger partial charge in [0.25, 0.3) is 0 Å². The first-order valence-electron chi connectivity index (χ1n) is 6.67. The smallest absolute Gasteiger partial charge is 0.121 e. The maximum absolute atomic E-state index is 5.48. The molecule has 0 N–H and O–H groups in total. The highest BCUT2D eigenvalue weighted by Gasteiger charge is 2.29. The zero-order valence-corrected chi connectivity index (χ0v) is 11.3. The third-order valence-corrected chi connectivity index (χ3v) is 3.61. The molecule has 1 aliphatic rings. The first kappa shape index (κ1) is 12.4. The molecule has 2 nitrogen and oxygen atoms in total. The highest BCUT2D eigenvalue weighted by Crippen LogP contribution is 2.39. The van der Waals surface area contributed by atoms with Crippen LogP contribution >= 0.6 is 0 Å². The molecule has 0 radical (unpaired) electrons. The summed E-state index contributed by atoms with van der Waals surface area (Å²) in [4.78, 5) is 11.0. The summed E-state index contributed by atoms with van der Waals surface area (Å²) in [6, 6.07) is 16.9. The van der Waals surface area contributed by atoms with Gasteiger partial charge in [0.1, 0.15) is 12.2 Å². The van der Waals surface area contributed by atoms with Crippen molar-refractivity contribution in [2.75, 3.05) is 0 Å². The molecular weight excluding hydrogens is 236 g/mol. The second-order valence-corrected chi connectivity index (χ2v) is 5.23. The van der Waals surface area contributed by atoms with Crippen LogP contribution in [0.5, 0.6) is 0 Å². The topological polar surface area (TPSA) is 18.5 Å². The van der Waals surface area contributed by atoms with E-state index in [-0.39, 0.29) is 12.2 Å². The molecule has 1 fully saturated rings. The van der Waals surface area contributed by atoms with Gasteiger partial charge in [-0.15, -0.1) is 0 Å². The Kier molecular flexibility index (Phi) is 3.36. The minimum Gasteiger partial charge on any atom is -0.228 e. The van der Waals surface area contributed by atoms with Crippen molar-refractivity contribution < 1.29 is 9.78 Å². The van der Waals surface area contributed by atoms with Crippen molar-refractivity contribution in [3.05, 3.63) is 70.8 Å². The monoisotopic (exact) mass is 254 g/mol. The minimum atomic E-state index is 0.0342. The summed E-state index contributed by atoms with van der Waals surface area (Å²) in [5.41, 5.74) is 4.89. The molecule has 0 amide bonds. The van der Waals surface area contributed by atoms with E-state index in [4.69, 9.17) is 9.78 Å². The molecule has 2 unspecified atom stereocenters. The van der Waals surface area contributed by atoms with E-state index in [2.05, 4.69) is 62.4 Å². The molecule has 2 aromatic carbocycles. The molecule has 0 saturated carbocycles. The molecule has 0 bridgehead atoms. The third-order valence-electron chi connectivity index (χ3n) is 3.61. The largest absolute Gasteiger partial charge is 0.228 e. The molecule has 0 spiro atoms. The van der Waals surface area contributed by atoms with Gasteiger partial charge >= 0.3 is 0 Å². The van der Waals surface area contributed by atoms with Crippen molar-refractivity contribution in [1.29, 1.82) is 0 Å². The van der Waals surface area contributed by atoms with Crippen molar-refractivity contribution in [2.45, 2.75) is 32.5 Å². The Bertz CT molecular complexity index is 491. The van der Waals surface area contributed by atoms with Crippen LogP contribution in [0.1, 0.15) is 40.9 Å². The first-order valence-corrected chi connectivity index (χ1v) is 6.67. The van der Waals surface area contributed by atoms with E-state index in [1.807, 2.05) is 0 Å². The molecule has 2 heteroatoms. The molecular formula is C17H18O2. The fourth-order valence-electron chi connectivity index (χ4n) is 2.35. The van der Waals surface area contributed by atoms with E-state index in [9.17, 15) is 0 Å². The van der Waals surface area contributed by atoms with E-state index in [0.717, 1.165) is 6.42 Å². The van der Waals surface area contributed by atoms with Crippen LogP contribution in [0, 0.1) is 13.8 Å². The quantitative estimate of drug-likeness (QED) is 0.738. The predicted molar refractivity (Wildman–Crippen MR) is 74.6 cm³/mol. The molecule has 0 aliphatic carbocycles. The van der Waals surface area contributed by atoms with Gasteiger partial charge in [0.15, 0.2) is 0 Å². The van der Waals surface area contributed by atoms with Crippen molar-refractivity contribution in [1.82, 2.24) is 0 Å². The van der Waals surface area contributed by atoms with Crippen LogP contribution < -0.4 is 0 Å². The Morgan fingerprint density at radius 2 is 1.05 bits per heavy atom. The van der Waals surface area contributed by atoms with Crippen LogP contribution in [-0.4, -0.2) is 0 Å². The average Bonchev–Trinajstić information content (AvgIpc) is 2.90. The van der Waals surface area contributed by atoms with Crippen LogP contribution in [0.3, 0.4) is 0 Å². The van der Waals surface area contributed by atoms with Gasteiger partial charge in [0, 0.05) is 6.42 Å². The predicted octanol–water partition coefficient (Wildman–Crippen LogP) is 4.44. The zero-order valence-electron chi connectivity index (χ0n) is 11.3.